The fourth-order valence-electron chi connectivity index (χ4n) is 1.42. The number of halogens is 2. The van der Waals surface area contributed by atoms with Gasteiger partial charge in [-0.05, 0) is 24.3 Å². The lowest BCUT2D eigenvalue weighted by atomic mass is 10.3. The summed E-state index contributed by atoms with van der Waals surface area (Å²) in [6, 6.07) is 7.66. The van der Waals surface area contributed by atoms with E-state index in [0.717, 1.165) is 23.7 Å². The lowest BCUT2D eigenvalue weighted by molar-refractivity contribution is 0.687. The van der Waals surface area contributed by atoms with Crippen molar-refractivity contribution in [3.63, 3.8) is 0 Å². The van der Waals surface area contributed by atoms with Gasteiger partial charge in [-0.1, -0.05) is 0 Å². The molecular formula is C11H15Cl2NOS. The van der Waals surface area contributed by atoms with E-state index in [4.69, 9.17) is 23.2 Å². The first-order valence-electron chi connectivity index (χ1n) is 4.99. The molecule has 0 spiro atoms. The Morgan fingerprint density at radius 1 is 1.12 bits per heavy atom. The molecule has 2 nitrogen and oxygen atoms in total. The number of alkyl halides is 2. The molecule has 0 aliphatic carbocycles. The molecule has 0 saturated heterocycles. The average molecular weight is 280 g/mol. The first kappa shape index (κ1) is 13.8. The van der Waals surface area contributed by atoms with E-state index in [1.807, 2.05) is 24.3 Å². The van der Waals surface area contributed by atoms with Crippen molar-refractivity contribution in [2.75, 3.05) is 36.0 Å². The molecule has 16 heavy (non-hydrogen) atoms. The molecule has 0 fully saturated rings. The zero-order chi connectivity index (χ0) is 12.0. The lowest BCUT2D eigenvalue weighted by Crippen LogP contribution is -2.27. The van der Waals surface area contributed by atoms with Crippen LogP contribution in [-0.2, 0) is 10.8 Å². The predicted molar refractivity (Wildman–Crippen MR) is 72.4 cm³/mol. The van der Waals surface area contributed by atoms with E-state index in [9.17, 15) is 4.21 Å². The van der Waals surface area contributed by atoms with E-state index >= 15 is 0 Å². The van der Waals surface area contributed by atoms with Gasteiger partial charge in [0.2, 0.25) is 0 Å². The number of rotatable bonds is 6. The van der Waals surface area contributed by atoms with E-state index in [-0.39, 0.29) is 0 Å². The lowest BCUT2D eigenvalue weighted by Gasteiger charge is -2.22. The monoisotopic (exact) mass is 279 g/mol. The second-order valence-electron chi connectivity index (χ2n) is 3.31. The highest BCUT2D eigenvalue weighted by Crippen LogP contribution is 2.16. The minimum absolute atomic E-state index is 0.568. The van der Waals surface area contributed by atoms with E-state index in [0.29, 0.717) is 11.8 Å². The Morgan fingerprint density at radius 2 is 1.62 bits per heavy atom. The van der Waals surface area contributed by atoms with Gasteiger partial charge in [0, 0.05) is 52.5 Å². The van der Waals surface area contributed by atoms with Crippen molar-refractivity contribution >= 4 is 39.7 Å². The fourth-order valence-corrected chi connectivity index (χ4v) is 2.35. The molecule has 0 amide bonds. The van der Waals surface area contributed by atoms with E-state index in [1.165, 1.54) is 0 Å². The van der Waals surface area contributed by atoms with Crippen molar-refractivity contribution in [1.82, 2.24) is 0 Å². The van der Waals surface area contributed by atoms with Crippen LogP contribution in [0.15, 0.2) is 29.2 Å². The summed E-state index contributed by atoms with van der Waals surface area (Å²) in [6.07, 6.45) is 1.67. The molecule has 1 unspecified atom stereocenters. The van der Waals surface area contributed by atoms with Gasteiger partial charge < -0.3 is 4.90 Å². The highest BCUT2D eigenvalue weighted by molar-refractivity contribution is 7.84. The molecule has 0 aromatic heterocycles. The Hall–Kier alpha value is -0.250. The number of hydrogen-bond donors (Lipinski definition) is 0. The second-order valence-corrected chi connectivity index (χ2v) is 5.45. The number of anilines is 1. The second kappa shape index (κ2) is 7.15. The topological polar surface area (TPSA) is 20.3 Å². The van der Waals surface area contributed by atoms with Gasteiger partial charge in [-0.25, -0.2) is 0 Å². The summed E-state index contributed by atoms with van der Waals surface area (Å²) in [5.41, 5.74) is 1.07. The Morgan fingerprint density at radius 3 is 2.00 bits per heavy atom. The first-order chi connectivity index (χ1) is 7.69. The summed E-state index contributed by atoms with van der Waals surface area (Å²) in [5, 5.41) is 0. The summed E-state index contributed by atoms with van der Waals surface area (Å²) in [7, 11) is -0.929. The standard InChI is InChI=1S/C11H15Cl2NOS/c1-16(15)11-4-2-10(3-5-11)14(8-6-12)9-7-13/h2-5H,6-9H2,1H3. The smallest absolute Gasteiger partial charge is 0.0498 e. The molecule has 0 aliphatic rings. The summed E-state index contributed by atoms with van der Waals surface area (Å²) in [4.78, 5) is 2.95. The largest absolute Gasteiger partial charge is 0.369 e. The third kappa shape index (κ3) is 3.96. The van der Waals surface area contributed by atoms with Crippen molar-refractivity contribution in [3.8, 4) is 0 Å². The van der Waals surface area contributed by atoms with E-state index in [2.05, 4.69) is 4.90 Å². The Bertz CT molecular complexity index is 336. The van der Waals surface area contributed by atoms with Gasteiger partial charge >= 0.3 is 0 Å². The Kier molecular flexibility index (Phi) is 6.17. The molecule has 0 aliphatic heterocycles. The molecule has 1 aromatic carbocycles. The van der Waals surface area contributed by atoms with Crippen LogP contribution in [0.25, 0.3) is 0 Å². The molecule has 90 valence electrons. The van der Waals surface area contributed by atoms with Crippen molar-refractivity contribution in [1.29, 1.82) is 0 Å². The van der Waals surface area contributed by atoms with Crippen LogP contribution < -0.4 is 4.90 Å². The maximum atomic E-state index is 11.2. The zero-order valence-corrected chi connectivity index (χ0v) is 11.5. The molecule has 5 heteroatoms. The quantitative estimate of drug-likeness (QED) is 0.747. The normalized spacial score (nSPS) is 12.4. The molecule has 0 heterocycles. The summed E-state index contributed by atoms with van der Waals surface area (Å²) in [5.74, 6) is 1.14. The van der Waals surface area contributed by atoms with Crippen molar-refractivity contribution in [2.45, 2.75) is 4.90 Å². The molecule has 1 aromatic rings. The van der Waals surface area contributed by atoms with Crippen LogP contribution in [0.1, 0.15) is 0 Å². The van der Waals surface area contributed by atoms with Gasteiger partial charge in [0.15, 0.2) is 0 Å². The number of nitrogens with zero attached hydrogens (tertiary/aromatic N) is 1. The van der Waals surface area contributed by atoms with Crippen LogP contribution in [0.2, 0.25) is 0 Å². The van der Waals surface area contributed by atoms with Crippen molar-refractivity contribution in [2.24, 2.45) is 0 Å². The van der Waals surface area contributed by atoms with Crippen LogP contribution in [0.5, 0.6) is 0 Å². The zero-order valence-electron chi connectivity index (χ0n) is 9.16. The highest BCUT2D eigenvalue weighted by Gasteiger charge is 2.05. The van der Waals surface area contributed by atoms with Crippen LogP contribution in [0, 0.1) is 0 Å². The summed E-state index contributed by atoms with van der Waals surface area (Å²) >= 11 is 11.5. The van der Waals surface area contributed by atoms with Gasteiger partial charge in [-0.3, -0.25) is 4.21 Å². The van der Waals surface area contributed by atoms with Crippen LogP contribution in [0.4, 0.5) is 5.69 Å². The molecule has 0 saturated carbocycles. The minimum atomic E-state index is -0.929. The molecule has 0 N–H and O–H groups in total. The first-order valence-corrected chi connectivity index (χ1v) is 7.62. The maximum absolute atomic E-state index is 11.2. The van der Waals surface area contributed by atoms with Gasteiger partial charge in [-0.2, -0.15) is 0 Å². The predicted octanol–water partition coefficient (Wildman–Crippen LogP) is 2.71. The number of benzene rings is 1. The summed E-state index contributed by atoms with van der Waals surface area (Å²) < 4.78 is 11.2. The van der Waals surface area contributed by atoms with Crippen LogP contribution in [-0.4, -0.2) is 35.3 Å². The maximum Gasteiger partial charge on any atom is 0.0498 e. The molecule has 1 rings (SSSR count). The van der Waals surface area contributed by atoms with Gasteiger partial charge in [-0.15, -0.1) is 23.2 Å². The minimum Gasteiger partial charge on any atom is -0.369 e. The third-order valence-corrected chi connectivity index (χ3v) is 3.52. The van der Waals surface area contributed by atoms with Crippen molar-refractivity contribution < 1.29 is 4.21 Å². The highest BCUT2D eigenvalue weighted by atomic mass is 35.5. The third-order valence-electron chi connectivity index (χ3n) is 2.24. The Balaban J connectivity index is 2.80. The van der Waals surface area contributed by atoms with E-state index in [1.54, 1.807) is 6.26 Å². The summed E-state index contributed by atoms with van der Waals surface area (Å²) in [6.45, 7) is 1.53. The van der Waals surface area contributed by atoms with E-state index < -0.39 is 10.8 Å². The molecule has 0 radical (unpaired) electrons. The SMILES string of the molecule is CS(=O)c1ccc(N(CCCl)CCCl)cc1. The van der Waals surface area contributed by atoms with Crippen LogP contribution in [0.3, 0.4) is 0 Å². The van der Waals surface area contributed by atoms with Gasteiger partial charge in [0.1, 0.15) is 0 Å². The van der Waals surface area contributed by atoms with Crippen LogP contribution >= 0.6 is 23.2 Å². The molecular weight excluding hydrogens is 265 g/mol. The number of hydrogen-bond acceptors (Lipinski definition) is 2. The molecule has 0 bridgehead atoms. The van der Waals surface area contributed by atoms with Gasteiger partial charge in [0.05, 0.1) is 0 Å². The average Bonchev–Trinajstić information content (AvgIpc) is 2.29. The van der Waals surface area contributed by atoms with Crippen molar-refractivity contribution in [3.05, 3.63) is 24.3 Å². The molecule has 1 atom stereocenters. The fraction of sp³-hybridized carbons (Fsp3) is 0.455. The van der Waals surface area contributed by atoms with Gasteiger partial charge in [0.25, 0.3) is 0 Å². The Labute approximate surface area is 109 Å².